The summed E-state index contributed by atoms with van der Waals surface area (Å²) < 4.78 is 18.1. The van der Waals surface area contributed by atoms with Gasteiger partial charge in [0.1, 0.15) is 11.6 Å². The van der Waals surface area contributed by atoms with Crippen LogP contribution in [0.25, 0.3) is 0 Å². The quantitative estimate of drug-likeness (QED) is 0.222. The first kappa shape index (κ1) is 17.9. The number of ether oxygens (including phenoxy) is 1. The SMILES string of the molecule is O=C(Oc1ccc(C(=O)c2ccc(F)cc2)cc1)c1ccc([N+](=O)[O-])cc1. The number of halogens is 1. The Morgan fingerprint density at radius 1 is 0.778 bits per heavy atom. The van der Waals surface area contributed by atoms with E-state index in [0.29, 0.717) is 11.1 Å². The molecule has 0 aliphatic carbocycles. The molecule has 0 aliphatic heterocycles. The van der Waals surface area contributed by atoms with Gasteiger partial charge in [-0.3, -0.25) is 14.9 Å². The number of esters is 1. The summed E-state index contributed by atoms with van der Waals surface area (Å²) in [5, 5.41) is 10.6. The van der Waals surface area contributed by atoms with Crippen molar-refractivity contribution in [1.29, 1.82) is 0 Å². The van der Waals surface area contributed by atoms with Crippen molar-refractivity contribution in [2.24, 2.45) is 0 Å². The predicted octanol–water partition coefficient (Wildman–Crippen LogP) is 4.18. The molecule has 0 atom stereocenters. The van der Waals surface area contributed by atoms with Crippen molar-refractivity contribution in [3.05, 3.63) is 105 Å². The summed E-state index contributed by atoms with van der Waals surface area (Å²) in [6, 6.07) is 16.1. The third kappa shape index (κ3) is 4.21. The molecule has 27 heavy (non-hydrogen) atoms. The van der Waals surface area contributed by atoms with Gasteiger partial charge in [-0.1, -0.05) is 0 Å². The molecule has 0 N–H and O–H groups in total. The van der Waals surface area contributed by atoms with Crippen LogP contribution in [0.4, 0.5) is 10.1 Å². The number of non-ortho nitro benzene ring substituents is 1. The van der Waals surface area contributed by atoms with E-state index in [-0.39, 0.29) is 22.8 Å². The van der Waals surface area contributed by atoms with Crippen LogP contribution in [0.3, 0.4) is 0 Å². The number of nitrogens with zero attached hydrogens (tertiary/aromatic N) is 1. The largest absolute Gasteiger partial charge is 0.423 e. The molecular formula is C20H12FNO5. The molecule has 134 valence electrons. The van der Waals surface area contributed by atoms with Gasteiger partial charge in [0.05, 0.1) is 10.5 Å². The molecule has 0 bridgehead atoms. The maximum atomic E-state index is 12.9. The van der Waals surface area contributed by atoms with E-state index in [1.807, 2.05) is 0 Å². The van der Waals surface area contributed by atoms with Crippen molar-refractivity contribution in [3.8, 4) is 5.75 Å². The number of rotatable bonds is 5. The number of ketones is 1. The fraction of sp³-hybridized carbons (Fsp3) is 0. The minimum atomic E-state index is -0.678. The Kier molecular flexibility index (Phi) is 5.03. The lowest BCUT2D eigenvalue weighted by Gasteiger charge is -2.06. The average Bonchev–Trinajstić information content (AvgIpc) is 2.68. The van der Waals surface area contributed by atoms with Crippen molar-refractivity contribution in [2.75, 3.05) is 0 Å². The highest BCUT2D eigenvalue weighted by molar-refractivity contribution is 6.09. The summed E-state index contributed by atoms with van der Waals surface area (Å²) in [4.78, 5) is 34.4. The molecule has 0 amide bonds. The van der Waals surface area contributed by atoms with Gasteiger partial charge in [-0.05, 0) is 60.7 Å². The average molecular weight is 365 g/mol. The van der Waals surface area contributed by atoms with Gasteiger partial charge in [-0.15, -0.1) is 0 Å². The first-order chi connectivity index (χ1) is 12.9. The molecule has 0 radical (unpaired) electrons. The zero-order chi connectivity index (χ0) is 19.4. The monoisotopic (exact) mass is 365 g/mol. The molecule has 0 heterocycles. The molecule has 0 unspecified atom stereocenters. The van der Waals surface area contributed by atoms with Gasteiger partial charge in [0.15, 0.2) is 5.78 Å². The zero-order valence-electron chi connectivity index (χ0n) is 13.8. The molecule has 0 spiro atoms. The molecule has 3 aromatic carbocycles. The fourth-order valence-corrected chi connectivity index (χ4v) is 2.33. The maximum absolute atomic E-state index is 12.9. The van der Waals surface area contributed by atoms with Gasteiger partial charge in [-0.2, -0.15) is 0 Å². The van der Waals surface area contributed by atoms with Crippen LogP contribution in [0.5, 0.6) is 5.75 Å². The molecule has 3 rings (SSSR count). The molecule has 0 saturated carbocycles. The molecule has 0 aliphatic rings. The van der Waals surface area contributed by atoms with Crippen molar-refractivity contribution in [3.63, 3.8) is 0 Å². The Morgan fingerprint density at radius 2 is 1.26 bits per heavy atom. The fourth-order valence-electron chi connectivity index (χ4n) is 2.33. The Labute approximate surface area is 153 Å². The lowest BCUT2D eigenvalue weighted by molar-refractivity contribution is -0.384. The van der Waals surface area contributed by atoms with Gasteiger partial charge in [0.25, 0.3) is 5.69 Å². The van der Waals surface area contributed by atoms with Crippen LogP contribution in [0.2, 0.25) is 0 Å². The molecule has 0 saturated heterocycles. The molecule has 6 nitrogen and oxygen atoms in total. The molecular weight excluding hydrogens is 353 g/mol. The smallest absolute Gasteiger partial charge is 0.343 e. The minimum Gasteiger partial charge on any atom is -0.423 e. The Balaban J connectivity index is 1.69. The summed E-state index contributed by atoms with van der Waals surface area (Å²) in [5.74, 6) is -1.18. The van der Waals surface area contributed by atoms with E-state index in [1.54, 1.807) is 0 Å². The molecule has 3 aromatic rings. The second-order valence-corrected chi connectivity index (χ2v) is 5.55. The first-order valence-corrected chi connectivity index (χ1v) is 7.81. The van der Waals surface area contributed by atoms with E-state index in [9.17, 15) is 24.1 Å². The number of hydrogen-bond donors (Lipinski definition) is 0. The summed E-state index contributed by atoms with van der Waals surface area (Å²) >= 11 is 0. The highest BCUT2D eigenvalue weighted by Gasteiger charge is 2.13. The molecule has 7 heteroatoms. The Hall–Kier alpha value is -3.87. The Morgan fingerprint density at radius 3 is 1.78 bits per heavy atom. The standard InChI is InChI=1S/C20H12FNO5/c21-16-7-1-13(2-8-16)19(23)14-5-11-18(12-6-14)27-20(24)15-3-9-17(10-4-15)22(25)26/h1-12H. The highest BCUT2D eigenvalue weighted by atomic mass is 19.1. The van der Waals surface area contributed by atoms with Crippen LogP contribution in [0.15, 0.2) is 72.8 Å². The summed E-state index contributed by atoms with van der Waals surface area (Å²) in [7, 11) is 0. The highest BCUT2D eigenvalue weighted by Crippen LogP contribution is 2.18. The van der Waals surface area contributed by atoms with Crippen LogP contribution in [0.1, 0.15) is 26.3 Å². The lowest BCUT2D eigenvalue weighted by atomic mass is 10.0. The topological polar surface area (TPSA) is 86.5 Å². The number of hydrogen-bond acceptors (Lipinski definition) is 5. The number of carbonyl (C=O) groups excluding carboxylic acids is 2. The van der Waals surface area contributed by atoms with Crippen molar-refractivity contribution in [2.45, 2.75) is 0 Å². The Bertz CT molecular complexity index is 996. The molecule has 0 aromatic heterocycles. The normalized spacial score (nSPS) is 10.3. The number of nitro benzene ring substituents is 1. The van der Waals surface area contributed by atoms with Gasteiger partial charge >= 0.3 is 5.97 Å². The first-order valence-electron chi connectivity index (χ1n) is 7.81. The van der Waals surface area contributed by atoms with Crippen molar-refractivity contribution in [1.82, 2.24) is 0 Å². The van der Waals surface area contributed by atoms with E-state index < -0.39 is 16.7 Å². The van der Waals surface area contributed by atoms with E-state index in [1.165, 1.54) is 72.8 Å². The number of carbonyl (C=O) groups is 2. The lowest BCUT2D eigenvalue weighted by Crippen LogP contribution is -2.09. The second kappa shape index (κ2) is 7.57. The van der Waals surface area contributed by atoms with E-state index in [2.05, 4.69) is 0 Å². The summed E-state index contributed by atoms with van der Waals surface area (Å²) in [6.07, 6.45) is 0. The van der Waals surface area contributed by atoms with Crippen LogP contribution in [0, 0.1) is 15.9 Å². The second-order valence-electron chi connectivity index (χ2n) is 5.55. The van der Waals surface area contributed by atoms with Gasteiger partial charge < -0.3 is 4.74 Å². The third-order valence-corrected chi connectivity index (χ3v) is 3.75. The summed E-state index contributed by atoms with van der Waals surface area (Å²) in [5.41, 5.74) is 0.728. The zero-order valence-corrected chi connectivity index (χ0v) is 13.8. The van der Waals surface area contributed by atoms with Gasteiger partial charge in [0, 0.05) is 23.3 Å². The minimum absolute atomic E-state index is 0.129. The van der Waals surface area contributed by atoms with E-state index >= 15 is 0 Å². The number of benzene rings is 3. The van der Waals surface area contributed by atoms with Crippen LogP contribution >= 0.6 is 0 Å². The van der Waals surface area contributed by atoms with Gasteiger partial charge in [0.2, 0.25) is 0 Å². The predicted molar refractivity (Wildman–Crippen MR) is 94.3 cm³/mol. The number of nitro groups is 1. The van der Waals surface area contributed by atoms with Crippen molar-refractivity contribution >= 4 is 17.4 Å². The van der Waals surface area contributed by atoms with E-state index in [4.69, 9.17) is 4.74 Å². The van der Waals surface area contributed by atoms with Crippen LogP contribution < -0.4 is 4.74 Å². The van der Waals surface area contributed by atoms with Crippen molar-refractivity contribution < 1.29 is 23.6 Å². The third-order valence-electron chi connectivity index (χ3n) is 3.75. The summed E-state index contributed by atoms with van der Waals surface area (Å²) in [6.45, 7) is 0. The van der Waals surface area contributed by atoms with E-state index in [0.717, 1.165) is 0 Å². The van der Waals surface area contributed by atoms with Crippen LogP contribution in [-0.2, 0) is 0 Å². The maximum Gasteiger partial charge on any atom is 0.343 e. The van der Waals surface area contributed by atoms with Crippen LogP contribution in [-0.4, -0.2) is 16.7 Å². The van der Waals surface area contributed by atoms with Gasteiger partial charge in [-0.25, -0.2) is 9.18 Å². The molecule has 0 fully saturated rings.